The van der Waals surface area contributed by atoms with Gasteiger partial charge in [0.15, 0.2) is 11.4 Å². The Balaban J connectivity index is 1.21. The third-order valence-corrected chi connectivity index (χ3v) is 17.4. The highest BCUT2D eigenvalue weighted by molar-refractivity contribution is 5.98. The standard InChI is InChI=1S/C73H125N7O8/c1-6-9-12-14-16-18-20-22-24-26-30-34-38-46-68(84)87-59-64(88-69(85)47-39-35-31-27-25-23-21-19-17-15-13-10-7-2)44-41-43-60(4)65(81)45-37-33-29-28-32-36-40-54-74-55-42-57-75-67(83)53-52-66(82)63-50-48-62(49-51-63)58-80-71-70(78-73(80)86)61(5)77-72(79-71)76-56-11-8-3/h48-51,60,64,74H,6-47,52-59H2,1-5H3,(H,75,83)(H,78,86)(H,76,77,79). The summed E-state index contributed by atoms with van der Waals surface area (Å²) in [6.07, 6.45) is 46.4. The van der Waals surface area contributed by atoms with Crippen LogP contribution >= 0.6 is 0 Å². The number of H-pyrrole nitrogens is 1. The molecular weight excluding hydrogens is 1100 g/mol. The van der Waals surface area contributed by atoms with Crippen LogP contribution in [0.15, 0.2) is 29.1 Å². The van der Waals surface area contributed by atoms with Crippen LogP contribution in [0.25, 0.3) is 11.2 Å². The maximum atomic E-state index is 13.1. The number of Topliss-reactive ketones (excluding diaryl/α,β-unsaturated/α-hetero) is 2. The van der Waals surface area contributed by atoms with Crippen molar-refractivity contribution < 1.29 is 33.4 Å². The molecule has 2 unspecified atom stereocenters. The highest BCUT2D eigenvalue weighted by atomic mass is 16.6. The monoisotopic (exact) mass is 1230 g/mol. The van der Waals surface area contributed by atoms with Crippen LogP contribution in [0.1, 0.15) is 332 Å². The van der Waals surface area contributed by atoms with Crippen molar-refractivity contribution in [3.63, 3.8) is 0 Å². The fourth-order valence-electron chi connectivity index (χ4n) is 11.5. The van der Waals surface area contributed by atoms with Gasteiger partial charge in [-0.25, -0.2) is 9.78 Å². The molecule has 15 heteroatoms. The zero-order chi connectivity index (χ0) is 63.5. The van der Waals surface area contributed by atoms with Gasteiger partial charge in [0.2, 0.25) is 11.9 Å². The third-order valence-electron chi connectivity index (χ3n) is 17.4. The Bertz CT molecular complexity index is 2350. The van der Waals surface area contributed by atoms with E-state index in [9.17, 15) is 28.8 Å². The predicted molar refractivity (Wildman–Crippen MR) is 362 cm³/mol. The van der Waals surface area contributed by atoms with Gasteiger partial charge in [0.1, 0.15) is 24.0 Å². The summed E-state index contributed by atoms with van der Waals surface area (Å²) < 4.78 is 13.2. The van der Waals surface area contributed by atoms with E-state index in [1.807, 2.05) is 26.0 Å². The number of nitrogens with one attached hydrogen (secondary N) is 4. The summed E-state index contributed by atoms with van der Waals surface area (Å²) >= 11 is 0. The summed E-state index contributed by atoms with van der Waals surface area (Å²) in [6.45, 7) is 14.0. The largest absolute Gasteiger partial charge is 0.462 e. The van der Waals surface area contributed by atoms with Crippen molar-refractivity contribution in [2.75, 3.05) is 38.1 Å². The molecule has 0 radical (unpaired) electrons. The second kappa shape index (κ2) is 51.8. The first kappa shape index (κ1) is 77.3. The number of benzene rings is 1. The minimum absolute atomic E-state index is 0.0514. The molecule has 3 aromatic rings. The minimum atomic E-state index is -0.479. The number of aromatic nitrogens is 4. The Hall–Kier alpha value is -4.92. The number of carbonyl (C=O) groups excluding carboxylic acids is 5. The van der Waals surface area contributed by atoms with E-state index in [1.165, 1.54) is 135 Å². The van der Waals surface area contributed by atoms with E-state index in [1.54, 1.807) is 16.7 Å². The van der Waals surface area contributed by atoms with Crippen LogP contribution in [-0.2, 0) is 35.2 Å². The number of hydrogen-bond acceptors (Lipinski definition) is 12. The summed E-state index contributed by atoms with van der Waals surface area (Å²) in [5.74, 6) is 0.0860. The number of aromatic amines is 1. The van der Waals surface area contributed by atoms with Crippen LogP contribution in [0.5, 0.6) is 0 Å². The molecule has 0 bridgehead atoms. The number of anilines is 1. The smallest absolute Gasteiger partial charge is 0.328 e. The van der Waals surface area contributed by atoms with Crippen LogP contribution in [0.2, 0.25) is 0 Å². The normalized spacial score (nSPS) is 12.1. The van der Waals surface area contributed by atoms with Crippen LogP contribution in [0.4, 0.5) is 5.95 Å². The topological polar surface area (TPSA) is 203 Å². The van der Waals surface area contributed by atoms with Crippen molar-refractivity contribution in [3.05, 3.63) is 51.6 Å². The number of carbonyl (C=O) groups is 5. The van der Waals surface area contributed by atoms with Crippen LogP contribution in [0.3, 0.4) is 0 Å². The van der Waals surface area contributed by atoms with Crippen molar-refractivity contribution in [1.29, 1.82) is 0 Å². The SMILES string of the molecule is CCCCCCCCCCCCCCCC(=O)OCC(CCCC(C)C(=O)CCCCCCCCCNCCCNC(=O)CCC(=O)c1ccc(Cn2c(=O)[nH]c3c(C)nc(NCCCC)nc32)cc1)OC(=O)CCCCCCCCCCCCCCC. The van der Waals surface area contributed by atoms with Gasteiger partial charge in [0.05, 0.1) is 12.2 Å². The number of esters is 2. The third kappa shape index (κ3) is 37.9. The highest BCUT2D eigenvalue weighted by Gasteiger charge is 2.20. The molecule has 0 aliphatic rings. The number of ketones is 2. The molecule has 4 N–H and O–H groups in total. The van der Waals surface area contributed by atoms with Crippen LogP contribution in [-0.4, -0.2) is 87.8 Å². The van der Waals surface area contributed by atoms with Gasteiger partial charge in [-0.1, -0.05) is 245 Å². The minimum Gasteiger partial charge on any atom is -0.462 e. The number of unbranched alkanes of at least 4 members (excludes halogenated alkanes) is 31. The number of rotatable bonds is 60. The summed E-state index contributed by atoms with van der Waals surface area (Å²) in [6, 6.07) is 7.16. The first-order chi connectivity index (χ1) is 42.9. The lowest BCUT2D eigenvalue weighted by molar-refractivity contribution is -0.159. The zero-order valence-electron chi connectivity index (χ0n) is 56.4. The molecule has 2 heterocycles. The molecule has 3 rings (SSSR count). The van der Waals surface area contributed by atoms with E-state index < -0.39 is 6.10 Å². The quantitative estimate of drug-likeness (QED) is 0.0237. The molecule has 0 aliphatic heterocycles. The number of hydrogen-bond donors (Lipinski definition) is 4. The van der Waals surface area contributed by atoms with Gasteiger partial charge in [-0.3, -0.25) is 28.5 Å². The fourth-order valence-corrected chi connectivity index (χ4v) is 11.5. The molecule has 0 fully saturated rings. The van der Waals surface area contributed by atoms with E-state index in [0.717, 1.165) is 134 Å². The van der Waals surface area contributed by atoms with E-state index >= 15 is 0 Å². The molecule has 500 valence electrons. The number of aryl methyl sites for hydroxylation is 1. The zero-order valence-corrected chi connectivity index (χ0v) is 56.4. The number of amides is 1. The average Bonchev–Trinajstić information content (AvgIpc) is 3.58. The Morgan fingerprint density at radius 1 is 0.523 bits per heavy atom. The van der Waals surface area contributed by atoms with E-state index in [-0.39, 0.29) is 54.7 Å². The van der Waals surface area contributed by atoms with Crippen molar-refractivity contribution in [2.24, 2.45) is 5.92 Å². The number of nitrogens with zero attached hydrogens (tertiary/aromatic N) is 3. The van der Waals surface area contributed by atoms with Crippen molar-refractivity contribution in [3.8, 4) is 0 Å². The number of imidazole rings is 1. The van der Waals surface area contributed by atoms with Crippen molar-refractivity contribution in [2.45, 2.75) is 330 Å². The van der Waals surface area contributed by atoms with Gasteiger partial charge in [-0.2, -0.15) is 4.98 Å². The summed E-state index contributed by atoms with van der Waals surface area (Å²) in [5, 5.41) is 9.66. The Kier molecular flexibility index (Phi) is 45.5. The molecule has 1 amide bonds. The Labute approximate surface area is 533 Å². The van der Waals surface area contributed by atoms with E-state index in [4.69, 9.17) is 9.47 Å². The molecule has 2 aromatic heterocycles. The lowest BCUT2D eigenvalue weighted by Gasteiger charge is -2.19. The molecule has 15 nitrogen and oxygen atoms in total. The highest BCUT2D eigenvalue weighted by Crippen LogP contribution is 2.21. The van der Waals surface area contributed by atoms with Gasteiger partial charge < -0.3 is 30.4 Å². The number of fused-ring (bicyclic) bond motifs is 1. The molecule has 88 heavy (non-hydrogen) atoms. The second-order valence-electron chi connectivity index (χ2n) is 25.5. The van der Waals surface area contributed by atoms with Crippen LogP contribution < -0.4 is 21.6 Å². The average molecular weight is 1230 g/mol. The van der Waals surface area contributed by atoms with Gasteiger partial charge in [-0.05, 0) is 83.4 Å². The second-order valence-corrected chi connectivity index (χ2v) is 25.5. The van der Waals surface area contributed by atoms with Crippen molar-refractivity contribution in [1.82, 2.24) is 30.2 Å². The van der Waals surface area contributed by atoms with E-state index in [2.05, 4.69) is 51.7 Å². The van der Waals surface area contributed by atoms with Gasteiger partial charge in [0, 0.05) is 56.7 Å². The Morgan fingerprint density at radius 3 is 1.58 bits per heavy atom. The van der Waals surface area contributed by atoms with Crippen LogP contribution in [0, 0.1) is 12.8 Å². The molecule has 0 spiro atoms. The first-order valence-electron chi connectivity index (χ1n) is 36.1. The lowest BCUT2D eigenvalue weighted by atomic mass is 9.94. The summed E-state index contributed by atoms with van der Waals surface area (Å²) in [7, 11) is 0. The maximum absolute atomic E-state index is 13.1. The molecule has 0 aliphatic carbocycles. The first-order valence-corrected chi connectivity index (χ1v) is 36.1. The van der Waals surface area contributed by atoms with Gasteiger partial charge >= 0.3 is 17.6 Å². The molecule has 1 aromatic carbocycles. The lowest BCUT2D eigenvalue weighted by Crippen LogP contribution is -2.27. The van der Waals surface area contributed by atoms with E-state index in [0.29, 0.717) is 72.9 Å². The molecule has 2 atom stereocenters. The number of ether oxygens (including phenoxy) is 2. The molecular formula is C73H125N7O8. The fraction of sp³-hybridized carbons (Fsp3) is 0.781. The predicted octanol–water partition coefficient (Wildman–Crippen LogP) is 17.7. The molecule has 0 saturated carbocycles. The van der Waals surface area contributed by atoms with Gasteiger partial charge in [-0.15, -0.1) is 0 Å². The van der Waals surface area contributed by atoms with Crippen molar-refractivity contribution >= 4 is 46.5 Å². The Morgan fingerprint density at radius 2 is 1.02 bits per heavy atom. The summed E-state index contributed by atoms with van der Waals surface area (Å²) in [4.78, 5) is 89.2. The molecule has 0 saturated heterocycles. The van der Waals surface area contributed by atoms with Gasteiger partial charge in [0.25, 0.3) is 0 Å². The maximum Gasteiger partial charge on any atom is 0.328 e. The summed E-state index contributed by atoms with van der Waals surface area (Å²) in [5.41, 5.74) is 2.94.